The van der Waals surface area contributed by atoms with Gasteiger partial charge in [0.15, 0.2) is 5.75 Å². The van der Waals surface area contributed by atoms with E-state index in [1.165, 1.54) is 12.1 Å². The molecule has 0 aromatic heterocycles. The minimum atomic E-state index is -3.93. The van der Waals surface area contributed by atoms with E-state index in [0.29, 0.717) is 5.56 Å². The number of halogens is 1. The van der Waals surface area contributed by atoms with Crippen LogP contribution in [-0.2, 0) is 10.1 Å². The summed E-state index contributed by atoms with van der Waals surface area (Å²) in [5.41, 5.74) is 2.29. The molecule has 0 radical (unpaired) electrons. The lowest BCUT2D eigenvalue weighted by Gasteiger charge is -2.10. The van der Waals surface area contributed by atoms with Crippen LogP contribution in [-0.4, -0.2) is 14.6 Å². The molecule has 3 aromatic rings. The van der Waals surface area contributed by atoms with Crippen LogP contribution in [0.4, 0.5) is 5.69 Å². The van der Waals surface area contributed by atoms with Crippen molar-refractivity contribution in [2.45, 2.75) is 11.8 Å². The Morgan fingerprint density at radius 1 is 0.962 bits per heavy atom. The Bertz CT molecular complexity index is 1030. The zero-order valence-corrected chi connectivity index (χ0v) is 16.4. The van der Waals surface area contributed by atoms with Gasteiger partial charge in [0.05, 0.1) is 5.69 Å². The summed E-state index contributed by atoms with van der Waals surface area (Å²) in [6.07, 6.45) is 1.58. The summed E-state index contributed by atoms with van der Waals surface area (Å²) in [6.45, 7) is 1.89. The van der Waals surface area contributed by atoms with Crippen molar-refractivity contribution in [3.63, 3.8) is 0 Å². The van der Waals surface area contributed by atoms with Gasteiger partial charge in [-0.05, 0) is 49.4 Å². The smallest absolute Gasteiger partial charge is 0.339 e. The summed E-state index contributed by atoms with van der Waals surface area (Å²) < 4.78 is 31.3. The van der Waals surface area contributed by atoms with Gasteiger partial charge in [-0.2, -0.15) is 8.42 Å². The number of para-hydroxylation sites is 1. The molecule has 6 heteroatoms. The quantitative estimate of drug-likeness (QED) is 0.409. The standard InChI is InChI=1S/C20H16BrNO3S/c1-15-7-10-19(11-8-15)26(23,24)25-20-12-9-17(21)13-16(20)14-22-18-5-3-2-4-6-18/h2-14H,1H3. The third kappa shape index (κ3) is 4.59. The van der Waals surface area contributed by atoms with Crippen molar-refractivity contribution in [2.75, 3.05) is 0 Å². The predicted octanol–water partition coefficient (Wildman–Crippen LogP) is 5.28. The number of aryl methyl sites for hydroxylation is 1. The Morgan fingerprint density at radius 3 is 2.35 bits per heavy atom. The first-order valence-corrected chi connectivity index (χ1v) is 10.0. The Labute approximate surface area is 161 Å². The van der Waals surface area contributed by atoms with E-state index in [9.17, 15) is 8.42 Å². The fourth-order valence-electron chi connectivity index (χ4n) is 2.23. The van der Waals surface area contributed by atoms with Crippen LogP contribution in [0.2, 0.25) is 0 Å². The Balaban J connectivity index is 1.93. The molecule has 0 amide bonds. The largest absolute Gasteiger partial charge is 0.378 e. The highest BCUT2D eigenvalue weighted by atomic mass is 79.9. The molecule has 4 nitrogen and oxygen atoms in total. The Kier molecular flexibility index (Phi) is 5.54. The molecule has 0 bridgehead atoms. The molecule has 0 aliphatic rings. The monoisotopic (exact) mass is 429 g/mol. The third-order valence-corrected chi connectivity index (χ3v) is 5.33. The highest BCUT2D eigenvalue weighted by Crippen LogP contribution is 2.26. The van der Waals surface area contributed by atoms with E-state index in [4.69, 9.17) is 4.18 Å². The van der Waals surface area contributed by atoms with Gasteiger partial charge in [-0.3, -0.25) is 4.99 Å². The van der Waals surface area contributed by atoms with Crippen LogP contribution in [0.5, 0.6) is 5.75 Å². The van der Waals surface area contributed by atoms with Gasteiger partial charge >= 0.3 is 10.1 Å². The highest BCUT2D eigenvalue weighted by Gasteiger charge is 2.18. The second-order valence-corrected chi connectivity index (χ2v) is 8.09. The van der Waals surface area contributed by atoms with Crippen LogP contribution in [0.3, 0.4) is 0 Å². The number of rotatable bonds is 5. The van der Waals surface area contributed by atoms with Crippen molar-refractivity contribution in [2.24, 2.45) is 4.99 Å². The molecule has 0 fully saturated rings. The maximum absolute atomic E-state index is 12.5. The summed E-state index contributed by atoms with van der Waals surface area (Å²) in [7, 11) is -3.93. The van der Waals surface area contributed by atoms with E-state index < -0.39 is 10.1 Å². The lowest BCUT2D eigenvalue weighted by molar-refractivity contribution is 0.485. The van der Waals surface area contributed by atoms with Crippen molar-refractivity contribution in [3.8, 4) is 5.75 Å². The molecule has 0 saturated carbocycles. The molecule has 0 heterocycles. The number of aliphatic imine (C=N–C) groups is 1. The summed E-state index contributed by atoms with van der Waals surface area (Å²) in [4.78, 5) is 4.48. The average molecular weight is 430 g/mol. The van der Waals surface area contributed by atoms with Gasteiger partial charge < -0.3 is 4.18 Å². The minimum Gasteiger partial charge on any atom is -0.378 e. The molecule has 132 valence electrons. The number of hydrogen-bond donors (Lipinski definition) is 0. The Morgan fingerprint density at radius 2 is 1.65 bits per heavy atom. The van der Waals surface area contributed by atoms with E-state index in [1.807, 2.05) is 37.3 Å². The zero-order valence-electron chi connectivity index (χ0n) is 14.0. The maximum Gasteiger partial charge on any atom is 0.339 e. The van der Waals surface area contributed by atoms with Gasteiger partial charge in [0, 0.05) is 16.3 Å². The SMILES string of the molecule is Cc1ccc(S(=O)(=O)Oc2ccc(Br)cc2C=Nc2ccccc2)cc1. The van der Waals surface area contributed by atoms with Crippen molar-refractivity contribution >= 4 is 38.0 Å². The highest BCUT2D eigenvalue weighted by molar-refractivity contribution is 9.10. The summed E-state index contributed by atoms with van der Waals surface area (Å²) in [6, 6.07) is 21.0. The molecule has 0 aliphatic heterocycles. The fraction of sp³-hybridized carbons (Fsp3) is 0.0500. The van der Waals surface area contributed by atoms with Crippen LogP contribution >= 0.6 is 15.9 Å². The molecule has 0 saturated heterocycles. The van der Waals surface area contributed by atoms with Crippen LogP contribution in [0.15, 0.2) is 87.2 Å². The number of hydrogen-bond acceptors (Lipinski definition) is 4. The van der Waals surface area contributed by atoms with Crippen molar-refractivity contribution in [3.05, 3.63) is 88.4 Å². The van der Waals surface area contributed by atoms with Crippen molar-refractivity contribution in [1.29, 1.82) is 0 Å². The number of benzene rings is 3. The lowest BCUT2D eigenvalue weighted by Crippen LogP contribution is -2.11. The second-order valence-electron chi connectivity index (χ2n) is 5.63. The van der Waals surface area contributed by atoms with E-state index >= 15 is 0 Å². The fourth-order valence-corrected chi connectivity index (χ4v) is 3.56. The van der Waals surface area contributed by atoms with Crippen molar-refractivity contribution in [1.82, 2.24) is 0 Å². The van der Waals surface area contributed by atoms with Crippen LogP contribution in [0.25, 0.3) is 0 Å². The first-order chi connectivity index (χ1) is 12.4. The van der Waals surface area contributed by atoms with E-state index in [-0.39, 0.29) is 10.6 Å². The van der Waals surface area contributed by atoms with Crippen LogP contribution < -0.4 is 4.18 Å². The summed E-state index contributed by atoms with van der Waals surface area (Å²) in [5.74, 6) is 0.216. The third-order valence-electron chi connectivity index (χ3n) is 3.59. The lowest BCUT2D eigenvalue weighted by atomic mass is 10.2. The van der Waals surface area contributed by atoms with E-state index in [1.54, 1.807) is 36.5 Å². The Hall–Kier alpha value is -2.44. The van der Waals surface area contributed by atoms with Crippen LogP contribution in [0, 0.1) is 6.92 Å². The topological polar surface area (TPSA) is 55.7 Å². The number of nitrogens with zero attached hydrogens (tertiary/aromatic N) is 1. The molecular weight excluding hydrogens is 414 g/mol. The maximum atomic E-state index is 12.5. The van der Waals surface area contributed by atoms with E-state index in [0.717, 1.165) is 15.7 Å². The summed E-state index contributed by atoms with van der Waals surface area (Å²) in [5, 5.41) is 0. The van der Waals surface area contributed by atoms with Gasteiger partial charge in [-0.1, -0.05) is 51.8 Å². The van der Waals surface area contributed by atoms with E-state index in [2.05, 4.69) is 20.9 Å². The predicted molar refractivity (Wildman–Crippen MR) is 107 cm³/mol. The van der Waals surface area contributed by atoms with Gasteiger partial charge in [-0.25, -0.2) is 0 Å². The van der Waals surface area contributed by atoms with Crippen molar-refractivity contribution < 1.29 is 12.6 Å². The molecule has 3 rings (SSSR count). The zero-order chi connectivity index (χ0) is 18.6. The molecule has 0 aliphatic carbocycles. The molecule has 0 atom stereocenters. The first kappa shape index (κ1) is 18.4. The van der Waals surface area contributed by atoms with Gasteiger partial charge in [0.25, 0.3) is 0 Å². The minimum absolute atomic E-state index is 0.108. The average Bonchev–Trinajstić information content (AvgIpc) is 2.63. The van der Waals surface area contributed by atoms with Gasteiger partial charge in [0.1, 0.15) is 4.90 Å². The molecule has 3 aromatic carbocycles. The van der Waals surface area contributed by atoms with Gasteiger partial charge in [0.2, 0.25) is 0 Å². The first-order valence-electron chi connectivity index (χ1n) is 7.84. The molecule has 0 N–H and O–H groups in total. The normalized spacial score (nSPS) is 11.6. The second kappa shape index (κ2) is 7.85. The summed E-state index contributed by atoms with van der Waals surface area (Å²) >= 11 is 3.39. The van der Waals surface area contributed by atoms with Crippen LogP contribution in [0.1, 0.15) is 11.1 Å². The molecule has 0 spiro atoms. The van der Waals surface area contributed by atoms with Gasteiger partial charge in [-0.15, -0.1) is 0 Å². The molecular formula is C20H16BrNO3S. The molecule has 26 heavy (non-hydrogen) atoms. The molecule has 0 unspecified atom stereocenters.